The summed E-state index contributed by atoms with van der Waals surface area (Å²) >= 11 is 0. The summed E-state index contributed by atoms with van der Waals surface area (Å²) in [7, 11) is -7.38. The molecule has 2 aromatic heterocycles. The van der Waals surface area contributed by atoms with Gasteiger partial charge in [0.1, 0.15) is 32.1 Å². The lowest BCUT2D eigenvalue weighted by atomic mass is 9.88. The van der Waals surface area contributed by atoms with Crippen molar-refractivity contribution in [2.24, 2.45) is 5.73 Å². The van der Waals surface area contributed by atoms with E-state index in [4.69, 9.17) is 24.3 Å². The van der Waals surface area contributed by atoms with Gasteiger partial charge < -0.3 is 29.4 Å². The fourth-order valence-electron chi connectivity index (χ4n) is 5.48. The van der Waals surface area contributed by atoms with E-state index in [1.165, 1.54) is 53.7 Å². The van der Waals surface area contributed by atoms with Gasteiger partial charge in [0, 0.05) is 38.6 Å². The molecule has 292 valence electrons. The molecule has 4 rings (SSSR count). The quantitative estimate of drug-likeness (QED) is 0.280. The van der Waals surface area contributed by atoms with Crippen LogP contribution in [0.1, 0.15) is 104 Å². The van der Waals surface area contributed by atoms with Crippen LogP contribution in [0.15, 0.2) is 21.2 Å². The monoisotopic (exact) mass is 773 g/mol. The molecule has 0 atom stereocenters. The van der Waals surface area contributed by atoms with Gasteiger partial charge in [-0.15, -0.1) is 0 Å². The summed E-state index contributed by atoms with van der Waals surface area (Å²) in [6.45, 7) is 13.3. The molecule has 0 bridgehead atoms. The third-order valence-corrected chi connectivity index (χ3v) is 16.2. The zero-order valence-corrected chi connectivity index (χ0v) is 32.6. The van der Waals surface area contributed by atoms with Gasteiger partial charge in [-0.3, -0.25) is 19.2 Å². The Morgan fingerprint density at radius 3 is 1.31 bits per heavy atom. The fraction of sp³-hybridized carbons (Fsp3) is 0.706. The minimum absolute atomic E-state index is 0.148. The fourth-order valence-corrected chi connectivity index (χ4v) is 9.55. The Bertz CT molecular complexity index is 1710. The van der Waals surface area contributed by atoms with Crippen molar-refractivity contribution in [2.45, 2.75) is 125 Å². The van der Waals surface area contributed by atoms with Crippen molar-refractivity contribution < 1.29 is 59.6 Å². The Kier molecular flexibility index (Phi) is 13.1. The van der Waals surface area contributed by atoms with Crippen molar-refractivity contribution in [1.82, 2.24) is 10.3 Å². The van der Waals surface area contributed by atoms with E-state index in [9.17, 15) is 41.1 Å². The zero-order valence-electron chi connectivity index (χ0n) is 31.0. The molecule has 0 radical (unpaired) electrons. The standard InChI is InChI=1S/C17H26N2O6S.C17H25NO7S/c1-16(2,15(18)21)13-9-11(25-19-13)10-14(20)17(3,4)26(22,23)12-5-7-24-8-6-12;1-16(2,15(20)21)13-9-11(25-18-13)10-14(19)17(3,4)26(22,23)12-5-7-24-8-6-12/h9,12H,5-8,10H2,1-4H3,(H2,18,21);9,12H,5-8,10H2,1-4H3,(H,20,21). The second-order valence-electron chi connectivity index (χ2n) is 15.2. The molecule has 3 N–H and O–H groups in total. The van der Waals surface area contributed by atoms with E-state index in [-0.39, 0.29) is 30.1 Å². The molecule has 2 aliphatic rings. The first-order chi connectivity index (χ1) is 23.8. The summed E-state index contributed by atoms with van der Waals surface area (Å²) < 4.78 is 69.1. The van der Waals surface area contributed by atoms with Gasteiger partial charge in [-0.1, -0.05) is 10.3 Å². The minimum atomic E-state index is -3.70. The van der Waals surface area contributed by atoms with Crippen molar-refractivity contribution in [3.63, 3.8) is 0 Å². The van der Waals surface area contributed by atoms with Gasteiger partial charge in [-0.05, 0) is 81.1 Å². The number of hydrogen-bond acceptors (Lipinski definition) is 14. The number of amides is 1. The molecule has 16 nitrogen and oxygen atoms in total. The molecule has 0 aliphatic carbocycles. The number of Topliss-reactive ketones (excluding diaryl/α,β-unsaturated/α-hetero) is 2. The number of carboxylic acids is 1. The Morgan fingerprint density at radius 1 is 0.673 bits per heavy atom. The SMILES string of the molecule is CC(C)(C(=O)O)c1cc(CC(=O)C(C)(C)S(=O)(=O)C2CCOCC2)on1.CC(C)(C(N)=O)c1cc(CC(=O)C(C)(C)S(=O)(=O)C2CCOCC2)on1. The maximum atomic E-state index is 12.9. The van der Waals surface area contributed by atoms with Crippen molar-refractivity contribution in [3.8, 4) is 0 Å². The number of sulfone groups is 2. The Balaban J connectivity index is 0.000000280. The number of carboxylic acid groups (broad SMARTS) is 1. The van der Waals surface area contributed by atoms with Crippen LogP contribution in [-0.4, -0.2) is 102 Å². The molecule has 0 unspecified atom stereocenters. The van der Waals surface area contributed by atoms with Gasteiger partial charge in [0.15, 0.2) is 31.2 Å². The first-order valence-corrected chi connectivity index (χ1v) is 20.0. The van der Waals surface area contributed by atoms with Crippen molar-refractivity contribution in [1.29, 1.82) is 0 Å². The van der Waals surface area contributed by atoms with Crippen LogP contribution in [0.2, 0.25) is 0 Å². The normalized spacial score (nSPS) is 17.2. The first kappa shape index (κ1) is 42.9. The van der Waals surface area contributed by atoms with Gasteiger partial charge >= 0.3 is 5.97 Å². The molecule has 0 aromatic carbocycles. The summed E-state index contributed by atoms with van der Waals surface area (Å²) in [4.78, 5) is 48.2. The van der Waals surface area contributed by atoms with E-state index < -0.39 is 73.9 Å². The summed E-state index contributed by atoms with van der Waals surface area (Å²) in [5, 5.41) is 15.6. The van der Waals surface area contributed by atoms with Gasteiger partial charge in [-0.25, -0.2) is 16.8 Å². The van der Waals surface area contributed by atoms with Gasteiger partial charge in [0.2, 0.25) is 5.91 Å². The van der Waals surface area contributed by atoms with Crippen LogP contribution >= 0.6 is 0 Å². The first-order valence-electron chi connectivity index (χ1n) is 17.0. The van der Waals surface area contributed by atoms with Crippen LogP contribution in [0.5, 0.6) is 0 Å². The largest absolute Gasteiger partial charge is 0.481 e. The van der Waals surface area contributed by atoms with Gasteiger partial charge in [0.25, 0.3) is 0 Å². The Labute approximate surface area is 304 Å². The summed E-state index contributed by atoms with van der Waals surface area (Å²) in [5.74, 6) is -2.30. The van der Waals surface area contributed by atoms with E-state index in [1.54, 1.807) is 13.8 Å². The van der Waals surface area contributed by atoms with Crippen LogP contribution in [-0.2, 0) is 72.0 Å². The topological polar surface area (TPSA) is 253 Å². The van der Waals surface area contributed by atoms with Crippen LogP contribution < -0.4 is 5.73 Å². The van der Waals surface area contributed by atoms with E-state index >= 15 is 0 Å². The molecular weight excluding hydrogens is 723 g/mol. The van der Waals surface area contributed by atoms with E-state index in [0.29, 0.717) is 57.8 Å². The van der Waals surface area contributed by atoms with Crippen molar-refractivity contribution >= 4 is 43.1 Å². The highest BCUT2D eigenvalue weighted by Crippen LogP contribution is 2.32. The van der Waals surface area contributed by atoms with Crippen molar-refractivity contribution in [3.05, 3.63) is 35.0 Å². The smallest absolute Gasteiger partial charge is 0.315 e. The molecular formula is C34H51N3O13S2. The number of aliphatic carboxylic acids is 1. The zero-order chi connectivity index (χ0) is 39.5. The van der Waals surface area contributed by atoms with E-state index in [1.807, 2.05) is 0 Å². The van der Waals surface area contributed by atoms with E-state index in [2.05, 4.69) is 10.3 Å². The number of primary amides is 1. The lowest BCUT2D eigenvalue weighted by Crippen LogP contribution is -2.48. The van der Waals surface area contributed by atoms with Crippen LogP contribution in [0, 0.1) is 0 Å². The highest BCUT2D eigenvalue weighted by atomic mass is 32.2. The average Bonchev–Trinajstić information content (AvgIpc) is 3.76. The number of nitrogens with zero attached hydrogens (tertiary/aromatic N) is 2. The second-order valence-corrected chi connectivity index (χ2v) is 20.8. The summed E-state index contributed by atoms with van der Waals surface area (Å²) in [5.41, 5.74) is 3.51. The minimum Gasteiger partial charge on any atom is -0.481 e. The number of hydrogen-bond donors (Lipinski definition) is 2. The van der Waals surface area contributed by atoms with Gasteiger partial charge in [0.05, 0.1) is 34.5 Å². The lowest BCUT2D eigenvalue weighted by molar-refractivity contribution is -0.142. The molecule has 2 aliphatic heterocycles. The summed E-state index contributed by atoms with van der Waals surface area (Å²) in [6, 6.07) is 2.86. The molecule has 1 amide bonds. The molecule has 52 heavy (non-hydrogen) atoms. The maximum Gasteiger partial charge on any atom is 0.315 e. The lowest BCUT2D eigenvalue weighted by Gasteiger charge is -2.30. The highest BCUT2D eigenvalue weighted by molar-refractivity contribution is 7.94. The molecule has 2 saturated heterocycles. The molecule has 2 fully saturated rings. The third-order valence-electron chi connectivity index (χ3n) is 10.2. The average molecular weight is 774 g/mol. The number of nitrogens with two attached hydrogens (primary N) is 1. The Hall–Kier alpha value is -3.48. The predicted molar refractivity (Wildman–Crippen MR) is 187 cm³/mol. The number of ketones is 2. The molecule has 4 heterocycles. The number of aromatic nitrogens is 2. The highest BCUT2D eigenvalue weighted by Gasteiger charge is 2.48. The van der Waals surface area contributed by atoms with Crippen molar-refractivity contribution in [2.75, 3.05) is 26.4 Å². The Morgan fingerprint density at radius 2 is 1.00 bits per heavy atom. The molecule has 0 saturated carbocycles. The predicted octanol–water partition coefficient (Wildman–Crippen LogP) is 2.44. The van der Waals surface area contributed by atoms with Crippen LogP contribution in [0.3, 0.4) is 0 Å². The van der Waals surface area contributed by atoms with E-state index in [0.717, 1.165) is 0 Å². The summed E-state index contributed by atoms with van der Waals surface area (Å²) in [6.07, 6.45) is 1.03. The number of carbonyl (C=O) groups excluding carboxylic acids is 3. The maximum absolute atomic E-state index is 12.9. The number of rotatable bonds is 14. The number of ether oxygens (including phenoxy) is 2. The third kappa shape index (κ3) is 8.82. The molecule has 0 spiro atoms. The molecule has 2 aromatic rings. The second kappa shape index (κ2) is 15.9. The number of carbonyl (C=O) groups is 4. The van der Waals surface area contributed by atoms with Crippen LogP contribution in [0.4, 0.5) is 0 Å². The van der Waals surface area contributed by atoms with Gasteiger partial charge in [-0.2, -0.15) is 0 Å². The molecule has 18 heteroatoms. The van der Waals surface area contributed by atoms with Crippen LogP contribution in [0.25, 0.3) is 0 Å².